The average molecular weight is 731 g/mol. The molecular formula is C39H66N6O7. The highest BCUT2D eigenvalue weighted by molar-refractivity contribution is 5.88. The van der Waals surface area contributed by atoms with Crippen LogP contribution in [0.4, 0.5) is 0 Å². The van der Waals surface area contributed by atoms with E-state index in [0.717, 1.165) is 39.0 Å². The molecule has 4 N–H and O–H groups in total. The minimum absolute atomic E-state index is 0.00436. The van der Waals surface area contributed by atoms with Gasteiger partial charge < -0.3 is 40.3 Å². The summed E-state index contributed by atoms with van der Waals surface area (Å²) >= 11 is 0. The van der Waals surface area contributed by atoms with E-state index in [4.69, 9.17) is 9.47 Å². The van der Waals surface area contributed by atoms with Gasteiger partial charge >= 0.3 is 0 Å². The molecule has 2 heterocycles. The van der Waals surface area contributed by atoms with E-state index in [1.54, 1.807) is 44.9 Å². The Bertz CT molecular complexity index is 1280. The van der Waals surface area contributed by atoms with Gasteiger partial charge in [-0.2, -0.15) is 0 Å². The number of nitrogens with zero attached hydrogens (tertiary/aromatic N) is 3. The first-order valence-electron chi connectivity index (χ1n) is 19.1. The number of aliphatic hydroxyl groups excluding tert-OH is 1. The Morgan fingerprint density at radius 1 is 0.981 bits per heavy atom. The number of methoxy groups -OCH3 is 2. The number of amides is 4. The molecule has 3 rings (SSSR count). The van der Waals surface area contributed by atoms with Crippen molar-refractivity contribution < 1.29 is 33.8 Å². The molecule has 2 saturated heterocycles. The summed E-state index contributed by atoms with van der Waals surface area (Å²) in [5.41, 5.74) is 0.713. The fourth-order valence-corrected chi connectivity index (χ4v) is 7.94. The van der Waals surface area contributed by atoms with Crippen molar-refractivity contribution in [1.82, 2.24) is 30.7 Å². The van der Waals surface area contributed by atoms with Gasteiger partial charge in [0.05, 0.1) is 61.4 Å². The van der Waals surface area contributed by atoms with Crippen LogP contribution in [0.25, 0.3) is 0 Å². The second-order valence-corrected chi connectivity index (χ2v) is 15.0. The van der Waals surface area contributed by atoms with Crippen molar-refractivity contribution in [2.24, 2.45) is 17.8 Å². The third-order valence-electron chi connectivity index (χ3n) is 11.1. The summed E-state index contributed by atoms with van der Waals surface area (Å²) in [7, 11) is 4.83. The number of hydrogen-bond donors (Lipinski definition) is 4. The molecule has 13 nitrogen and oxygen atoms in total. The molecule has 9 atom stereocenters. The van der Waals surface area contributed by atoms with Crippen LogP contribution in [-0.4, -0.2) is 140 Å². The molecule has 2 fully saturated rings. The van der Waals surface area contributed by atoms with Gasteiger partial charge in [-0.25, -0.2) is 0 Å². The molecule has 1 aromatic rings. The van der Waals surface area contributed by atoms with Crippen molar-refractivity contribution >= 4 is 23.6 Å². The standard InChI is InChI=1S/C39H66N6O7/c1-10-26(4)35(43(7)33(47)24-41-39(50)34(25(2)3)44-21-18-40-19-22-44)31(51-8)23-32(46)45-20-14-17-30(45)37(52-9)27(5)38(49)42-28(6)36(48)29-15-12-11-13-16-29/h11-13,15-16,25-28,30-31,34-37,40,48H,10,14,17-24H2,1-9H3,(H,41,50)(H,42,49). The molecule has 52 heavy (non-hydrogen) atoms. The Kier molecular flexibility index (Phi) is 17.5. The van der Waals surface area contributed by atoms with Crippen LogP contribution in [0.5, 0.6) is 0 Å². The first kappa shape index (κ1) is 43.3. The van der Waals surface area contributed by atoms with Gasteiger partial charge in [0.1, 0.15) is 0 Å². The van der Waals surface area contributed by atoms with Gasteiger partial charge in [0.15, 0.2) is 0 Å². The smallest absolute Gasteiger partial charge is 0.242 e. The maximum atomic E-state index is 14.1. The number of piperazine rings is 1. The van der Waals surface area contributed by atoms with Gasteiger partial charge in [-0.15, -0.1) is 0 Å². The monoisotopic (exact) mass is 730 g/mol. The normalized spacial score (nSPS) is 21.4. The lowest BCUT2D eigenvalue weighted by atomic mass is 9.90. The summed E-state index contributed by atoms with van der Waals surface area (Å²) in [5.74, 6) is -1.31. The number of nitrogens with one attached hydrogen (secondary N) is 3. The minimum Gasteiger partial charge on any atom is -0.386 e. The van der Waals surface area contributed by atoms with Crippen LogP contribution in [0.3, 0.4) is 0 Å². The molecule has 0 radical (unpaired) electrons. The molecule has 0 bridgehead atoms. The van der Waals surface area contributed by atoms with E-state index in [2.05, 4.69) is 20.9 Å². The van der Waals surface area contributed by atoms with Crippen LogP contribution in [-0.2, 0) is 28.7 Å². The van der Waals surface area contributed by atoms with Crippen molar-refractivity contribution in [3.8, 4) is 0 Å². The molecule has 4 amide bonds. The summed E-state index contributed by atoms with van der Waals surface area (Å²) in [6.07, 6.45) is 0.208. The first-order valence-corrected chi connectivity index (χ1v) is 19.1. The van der Waals surface area contributed by atoms with Gasteiger partial charge in [-0.05, 0) is 37.2 Å². The Labute approximate surface area is 311 Å². The highest BCUT2D eigenvalue weighted by atomic mass is 16.5. The number of likely N-dealkylation sites (tertiary alicyclic amines) is 1. The third-order valence-corrected chi connectivity index (χ3v) is 11.1. The van der Waals surface area contributed by atoms with Crippen molar-refractivity contribution in [1.29, 1.82) is 0 Å². The van der Waals surface area contributed by atoms with E-state index >= 15 is 0 Å². The first-order chi connectivity index (χ1) is 24.8. The number of benzene rings is 1. The van der Waals surface area contributed by atoms with Crippen LogP contribution in [0.1, 0.15) is 78.9 Å². The second kappa shape index (κ2) is 21.0. The van der Waals surface area contributed by atoms with Gasteiger partial charge in [-0.1, -0.05) is 71.4 Å². The Morgan fingerprint density at radius 3 is 2.21 bits per heavy atom. The highest BCUT2D eigenvalue weighted by Crippen LogP contribution is 2.29. The van der Waals surface area contributed by atoms with Gasteiger partial charge in [0, 0.05) is 54.0 Å². The number of carbonyl (C=O) groups excluding carboxylic acids is 4. The van der Waals surface area contributed by atoms with E-state index in [1.165, 1.54) is 0 Å². The van der Waals surface area contributed by atoms with Crippen LogP contribution in [0.2, 0.25) is 0 Å². The molecule has 0 spiro atoms. The molecule has 294 valence electrons. The van der Waals surface area contributed by atoms with E-state index < -0.39 is 36.3 Å². The van der Waals surface area contributed by atoms with Crippen LogP contribution < -0.4 is 16.0 Å². The summed E-state index contributed by atoms with van der Waals surface area (Å²) in [6.45, 7) is 15.2. The zero-order valence-corrected chi connectivity index (χ0v) is 33.0. The van der Waals surface area contributed by atoms with Crippen molar-refractivity contribution in [3.63, 3.8) is 0 Å². The zero-order valence-electron chi connectivity index (χ0n) is 33.0. The minimum atomic E-state index is -0.872. The Hall–Kier alpha value is -3.10. The Balaban J connectivity index is 1.67. The van der Waals surface area contributed by atoms with E-state index in [-0.39, 0.29) is 60.5 Å². The maximum absolute atomic E-state index is 14.1. The lowest BCUT2D eigenvalue weighted by Crippen LogP contribution is -2.57. The van der Waals surface area contributed by atoms with Crippen LogP contribution >= 0.6 is 0 Å². The van der Waals surface area contributed by atoms with Crippen LogP contribution in [0, 0.1) is 17.8 Å². The summed E-state index contributed by atoms with van der Waals surface area (Å²) in [6, 6.07) is 7.59. The lowest BCUT2D eigenvalue weighted by Gasteiger charge is -2.39. The summed E-state index contributed by atoms with van der Waals surface area (Å²) in [4.78, 5) is 60.0. The van der Waals surface area contributed by atoms with Crippen LogP contribution in [0.15, 0.2) is 30.3 Å². The van der Waals surface area contributed by atoms with E-state index in [1.807, 2.05) is 58.0 Å². The fraction of sp³-hybridized carbons (Fsp3) is 0.744. The molecule has 13 heteroatoms. The second-order valence-electron chi connectivity index (χ2n) is 15.0. The molecule has 1 aromatic carbocycles. The van der Waals surface area contributed by atoms with Crippen molar-refractivity contribution in [3.05, 3.63) is 35.9 Å². The number of carbonyl (C=O) groups is 4. The molecule has 2 aliphatic heterocycles. The predicted octanol–water partition coefficient (Wildman–Crippen LogP) is 2.19. The quantitative estimate of drug-likeness (QED) is 0.168. The number of aliphatic hydroxyl groups is 1. The highest BCUT2D eigenvalue weighted by Gasteiger charge is 2.42. The Morgan fingerprint density at radius 2 is 1.63 bits per heavy atom. The largest absolute Gasteiger partial charge is 0.386 e. The average Bonchev–Trinajstić information content (AvgIpc) is 3.63. The third kappa shape index (κ3) is 11.2. The molecule has 2 aliphatic rings. The van der Waals surface area contributed by atoms with E-state index in [0.29, 0.717) is 18.5 Å². The summed E-state index contributed by atoms with van der Waals surface area (Å²) in [5, 5.41) is 20.0. The molecule has 0 aliphatic carbocycles. The number of hydrogen-bond acceptors (Lipinski definition) is 9. The molecule has 0 aromatic heterocycles. The van der Waals surface area contributed by atoms with Gasteiger partial charge in [-0.3, -0.25) is 24.1 Å². The lowest BCUT2D eigenvalue weighted by molar-refractivity contribution is -0.146. The van der Waals surface area contributed by atoms with Crippen molar-refractivity contribution in [2.45, 2.75) is 110 Å². The zero-order chi connectivity index (χ0) is 38.5. The van der Waals surface area contributed by atoms with Gasteiger partial charge in [0.25, 0.3) is 0 Å². The van der Waals surface area contributed by atoms with E-state index in [9.17, 15) is 24.3 Å². The molecule has 9 unspecified atom stereocenters. The number of rotatable bonds is 19. The maximum Gasteiger partial charge on any atom is 0.242 e. The SMILES string of the molecule is CCC(C)C(C(CC(=O)N1CCCC1C(OC)C(C)C(=O)NC(C)C(O)c1ccccc1)OC)N(C)C(=O)CNC(=O)C(C(C)C)N1CCNCC1. The fourth-order valence-electron chi connectivity index (χ4n) is 7.94. The number of ether oxygens (including phenoxy) is 2. The summed E-state index contributed by atoms with van der Waals surface area (Å²) < 4.78 is 11.9. The topological polar surface area (TPSA) is 153 Å². The van der Waals surface area contributed by atoms with Crippen molar-refractivity contribution in [2.75, 3.05) is 60.5 Å². The predicted molar refractivity (Wildman–Crippen MR) is 201 cm³/mol. The molecular weight excluding hydrogens is 664 g/mol. The van der Waals surface area contributed by atoms with Gasteiger partial charge in [0.2, 0.25) is 23.6 Å². The number of likely N-dealkylation sites (N-methyl/N-ethyl adjacent to an activating group) is 1. The molecule has 0 saturated carbocycles.